The highest BCUT2D eigenvalue weighted by Crippen LogP contribution is 2.20. The Morgan fingerprint density at radius 2 is 1.97 bits per heavy atom. The van der Waals surface area contributed by atoms with Gasteiger partial charge in [0.15, 0.2) is 5.58 Å². The Labute approximate surface area is 179 Å². The number of carbonyl (C=O) groups is 1. The SMILES string of the molecule is Cc1nn(CCCC(=O)NCc2ccc(OC(C)C)cc2)c(=O)c2cc3occc3n12. The van der Waals surface area contributed by atoms with Gasteiger partial charge >= 0.3 is 0 Å². The number of fused-ring (bicyclic) bond motifs is 3. The van der Waals surface area contributed by atoms with Crippen molar-refractivity contribution in [1.29, 1.82) is 0 Å². The molecule has 4 rings (SSSR count). The Hall–Kier alpha value is -3.55. The third kappa shape index (κ3) is 4.47. The molecule has 8 nitrogen and oxygen atoms in total. The van der Waals surface area contributed by atoms with Crippen LogP contribution in [-0.2, 0) is 17.9 Å². The molecular formula is C23H26N4O4. The van der Waals surface area contributed by atoms with Gasteiger partial charge in [-0.3, -0.25) is 14.0 Å². The second-order valence-corrected chi connectivity index (χ2v) is 7.80. The van der Waals surface area contributed by atoms with Crippen LogP contribution in [0.2, 0.25) is 0 Å². The number of aromatic nitrogens is 3. The van der Waals surface area contributed by atoms with Gasteiger partial charge in [-0.05, 0) is 44.9 Å². The van der Waals surface area contributed by atoms with E-state index in [0.717, 1.165) is 16.8 Å². The standard InChI is InChI=1S/C23H26N4O4/c1-15(2)31-18-8-6-17(7-9-18)14-24-22(28)5-4-11-26-23(29)20-13-21-19(10-12-30-21)27(20)16(3)25-26/h6-10,12-13,15H,4-5,11,14H2,1-3H3,(H,24,28). The van der Waals surface area contributed by atoms with Crippen LogP contribution in [0.1, 0.15) is 38.1 Å². The van der Waals surface area contributed by atoms with Crippen molar-refractivity contribution in [2.45, 2.75) is 52.8 Å². The van der Waals surface area contributed by atoms with Crippen LogP contribution < -0.4 is 15.6 Å². The molecule has 0 unspecified atom stereocenters. The number of ether oxygens (including phenoxy) is 1. The lowest BCUT2D eigenvalue weighted by atomic mass is 10.2. The number of nitrogens with zero attached hydrogens (tertiary/aromatic N) is 3. The minimum absolute atomic E-state index is 0.0615. The number of rotatable bonds is 8. The predicted molar refractivity (Wildman–Crippen MR) is 117 cm³/mol. The first-order valence-corrected chi connectivity index (χ1v) is 10.4. The molecule has 8 heteroatoms. The molecule has 0 spiro atoms. The van der Waals surface area contributed by atoms with E-state index in [0.29, 0.717) is 42.9 Å². The normalized spacial score (nSPS) is 11.5. The number of hydrogen-bond acceptors (Lipinski definition) is 5. The van der Waals surface area contributed by atoms with Gasteiger partial charge in [-0.25, -0.2) is 4.68 Å². The molecule has 3 heterocycles. The number of nitrogens with one attached hydrogen (secondary N) is 1. The first kappa shape index (κ1) is 20.7. The highest BCUT2D eigenvalue weighted by Gasteiger charge is 2.14. The van der Waals surface area contributed by atoms with Gasteiger partial charge in [-0.2, -0.15) is 5.10 Å². The second-order valence-electron chi connectivity index (χ2n) is 7.80. The summed E-state index contributed by atoms with van der Waals surface area (Å²) in [7, 11) is 0. The molecule has 1 N–H and O–H groups in total. The van der Waals surface area contributed by atoms with E-state index in [1.807, 2.05) is 51.1 Å². The maximum absolute atomic E-state index is 12.8. The zero-order valence-electron chi connectivity index (χ0n) is 17.9. The quantitative estimate of drug-likeness (QED) is 0.470. The van der Waals surface area contributed by atoms with Crippen molar-refractivity contribution in [2.24, 2.45) is 0 Å². The second kappa shape index (κ2) is 8.67. The monoisotopic (exact) mass is 422 g/mol. The van der Waals surface area contributed by atoms with E-state index >= 15 is 0 Å². The van der Waals surface area contributed by atoms with E-state index in [-0.39, 0.29) is 17.6 Å². The average molecular weight is 422 g/mol. The number of furan rings is 1. The summed E-state index contributed by atoms with van der Waals surface area (Å²) in [5, 5.41) is 7.32. The van der Waals surface area contributed by atoms with E-state index in [4.69, 9.17) is 9.15 Å². The van der Waals surface area contributed by atoms with E-state index < -0.39 is 0 Å². The lowest BCUT2D eigenvalue weighted by Gasteiger charge is -2.11. The molecule has 0 bridgehead atoms. The van der Waals surface area contributed by atoms with Crippen molar-refractivity contribution in [1.82, 2.24) is 19.5 Å². The number of hydrogen-bond donors (Lipinski definition) is 1. The minimum Gasteiger partial charge on any atom is -0.491 e. The Morgan fingerprint density at radius 3 is 2.71 bits per heavy atom. The first-order chi connectivity index (χ1) is 14.9. The van der Waals surface area contributed by atoms with Gasteiger partial charge in [-0.1, -0.05) is 12.1 Å². The van der Waals surface area contributed by atoms with Crippen molar-refractivity contribution in [3.8, 4) is 5.75 Å². The van der Waals surface area contributed by atoms with Crippen LogP contribution in [0.4, 0.5) is 0 Å². The highest BCUT2D eigenvalue weighted by atomic mass is 16.5. The molecule has 0 aliphatic heterocycles. The molecular weight excluding hydrogens is 396 g/mol. The summed E-state index contributed by atoms with van der Waals surface area (Å²) in [6, 6.07) is 11.2. The summed E-state index contributed by atoms with van der Waals surface area (Å²) in [4.78, 5) is 25.0. The van der Waals surface area contributed by atoms with Crippen LogP contribution in [-0.4, -0.2) is 26.2 Å². The summed E-state index contributed by atoms with van der Waals surface area (Å²) in [6.07, 6.45) is 2.55. The molecule has 0 aliphatic rings. The van der Waals surface area contributed by atoms with E-state index in [2.05, 4.69) is 10.4 Å². The van der Waals surface area contributed by atoms with Crippen molar-refractivity contribution < 1.29 is 13.9 Å². The van der Waals surface area contributed by atoms with Gasteiger partial charge in [0, 0.05) is 31.6 Å². The van der Waals surface area contributed by atoms with E-state index in [9.17, 15) is 9.59 Å². The number of aryl methyl sites for hydroxylation is 2. The summed E-state index contributed by atoms with van der Waals surface area (Å²) in [6.45, 7) is 6.63. The Bertz CT molecular complexity index is 1260. The van der Waals surface area contributed by atoms with Gasteiger partial charge in [0.05, 0.1) is 17.9 Å². The van der Waals surface area contributed by atoms with Crippen molar-refractivity contribution in [2.75, 3.05) is 0 Å². The van der Waals surface area contributed by atoms with Gasteiger partial charge in [-0.15, -0.1) is 0 Å². The zero-order chi connectivity index (χ0) is 22.0. The molecule has 0 saturated heterocycles. The fourth-order valence-electron chi connectivity index (χ4n) is 3.62. The summed E-state index contributed by atoms with van der Waals surface area (Å²) < 4.78 is 14.2. The van der Waals surface area contributed by atoms with E-state index in [1.54, 1.807) is 16.7 Å². The minimum atomic E-state index is -0.193. The Balaban J connectivity index is 1.32. The molecule has 162 valence electrons. The summed E-state index contributed by atoms with van der Waals surface area (Å²) >= 11 is 0. The topological polar surface area (TPSA) is 90.8 Å². The molecule has 1 amide bonds. The molecule has 4 aromatic rings. The molecule has 1 aromatic carbocycles. The zero-order valence-corrected chi connectivity index (χ0v) is 17.9. The predicted octanol–water partition coefficient (Wildman–Crippen LogP) is 3.43. The number of benzene rings is 1. The fourth-order valence-corrected chi connectivity index (χ4v) is 3.62. The molecule has 0 aliphatic carbocycles. The number of carbonyl (C=O) groups excluding carboxylic acids is 1. The van der Waals surface area contributed by atoms with Crippen molar-refractivity contribution in [3.63, 3.8) is 0 Å². The van der Waals surface area contributed by atoms with E-state index in [1.165, 1.54) is 4.68 Å². The summed E-state index contributed by atoms with van der Waals surface area (Å²) in [5.41, 5.74) is 2.81. The number of amides is 1. The lowest BCUT2D eigenvalue weighted by molar-refractivity contribution is -0.121. The molecule has 0 fully saturated rings. The molecule has 3 aromatic heterocycles. The maximum Gasteiger partial charge on any atom is 0.291 e. The third-order valence-corrected chi connectivity index (χ3v) is 5.02. The highest BCUT2D eigenvalue weighted by molar-refractivity contribution is 5.82. The Kier molecular flexibility index (Phi) is 5.79. The van der Waals surface area contributed by atoms with Crippen LogP contribution in [0.25, 0.3) is 16.6 Å². The van der Waals surface area contributed by atoms with Gasteiger partial charge in [0.2, 0.25) is 5.91 Å². The summed E-state index contributed by atoms with van der Waals surface area (Å²) in [5.74, 6) is 1.44. The first-order valence-electron chi connectivity index (χ1n) is 10.4. The smallest absolute Gasteiger partial charge is 0.291 e. The van der Waals surface area contributed by atoms with Crippen LogP contribution >= 0.6 is 0 Å². The molecule has 0 atom stereocenters. The van der Waals surface area contributed by atoms with Crippen LogP contribution in [0.3, 0.4) is 0 Å². The van der Waals surface area contributed by atoms with Crippen molar-refractivity contribution >= 4 is 22.5 Å². The fraction of sp³-hybridized carbons (Fsp3) is 0.348. The third-order valence-electron chi connectivity index (χ3n) is 5.02. The van der Waals surface area contributed by atoms with Crippen LogP contribution in [0.5, 0.6) is 5.75 Å². The average Bonchev–Trinajstić information content (AvgIpc) is 3.32. The molecule has 0 radical (unpaired) electrons. The largest absolute Gasteiger partial charge is 0.491 e. The van der Waals surface area contributed by atoms with Crippen LogP contribution in [0.15, 0.2) is 51.9 Å². The molecule has 31 heavy (non-hydrogen) atoms. The van der Waals surface area contributed by atoms with Gasteiger partial charge in [0.1, 0.15) is 17.1 Å². The van der Waals surface area contributed by atoms with Crippen molar-refractivity contribution in [3.05, 3.63) is 64.4 Å². The Morgan fingerprint density at radius 1 is 1.19 bits per heavy atom. The molecule has 0 saturated carbocycles. The van der Waals surface area contributed by atoms with Gasteiger partial charge in [0.25, 0.3) is 5.56 Å². The lowest BCUT2D eigenvalue weighted by Crippen LogP contribution is -2.27. The van der Waals surface area contributed by atoms with Gasteiger partial charge < -0.3 is 14.5 Å². The van der Waals surface area contributed by atoms with Crippen LogP contribution in [0, 0.1) is 6.92 Å². The maximum atomic E-state index is 12.8.